The Bertz CT molecular complexity index is 1430. The van der Waals surface area contributed by atoms with Crippen LogP contribution in [0, 0.1) is 0 Å². The zero-order valence-electron chi connectivity index (χ0n) is 18.6. The predicted molar refractivity (Wildman–Crippen MR) is 133 cm³/mol. The molecule has 35 heavy (non-hydrogen) atoms. The van der Waals surface area contributed by atoms with Crippen LogP contribution in [0.1, 0.15) is 17.3 Å². The van der Waals surface area contributed by atoms with Gasteiger partial charge in [0.1, 0.15) is 23.3 Å². The molecular weight excluding hydrogens is 518 g/mol. The van der Waals surface area contributed by atoms with Gasteiger partial charge in [0.15, 0.2) is 6.61 Å². The molecule has 0 spiro atoms. The lowest BCUT2D eigenvalue weighted by molar-refractivity contribution is -0.118. The highest BCUT2D eigenvalue weighted by atomic mass is 79.9. The lowest BCUT2D eigenvalue weighted by Crippen LogP contribution is -2.20. The number of anilines is 1. The molecule has 0 aliphatic carbocycles. The van der Waals surface area contributed by atoms with Crippen LogP contribution >= 0.6 is 15.9 Å². The van der Waals surface area contributed by atoms with Crippen LogP contribution in [-0.4, -0.2) is 25.1 Å². The molecule has 4 rings (SSSR count). The molecule has 0 atom stereocenters. The number of esters is 1. The van der Waals surface area contributed by atoms with Gasteiger partial charge in [0.2, 0.25) is 11.2 Å². The van der Waals surface area contributed by atoms with Gasteiger partial charge < -0.3 is 23.9 Å². The molecule has 0 aliphatic rings. The van der Waals surface area contributed by atoms with Crippen molar-refractivity contribution in [2.75, 3.05) is 18.5 Å². The number of amides is 1. The molecule has 0 fully saturated rings. The van der Waals surface area contributed by atoms with Gasteiger partial charge in [-0.15, -0.1) is 0 Å². The third-order valence-electron chi connectivity index (χ3n) is 4.82. The first kappa shape index (κ1) is 24.0. The molecule has 0 saturated heterocycles. The van der Waals surface area contributed by atoms with Crippen molar-refractivity contribution in [2.45, 2.75) is 6.92 Å². The van der Waals surface area contributed by atoms with E-state index in [9.17, 15) is 14.4 Å². The number of carbonyl (C=O) groups excluding carboxylic acids is 2. The van der Waals surface area contributed by atoms with Crippen molar-refractivity contribution in [1.29, 1.82) is 0 Å². The lowest BCUT2D eigenvalue weighted by atomic mass is 10.2. The van der Waals surface area contributed by atoms with E-state index in [2.05, 4.69) is 21.2 Å². The molecule has 0 aliphatic heterocycles. The molecule has 178 valence electrons. The number of carbonyl (C=O) groups is 2. The van der Waals surface area contributed by atoms with Gasteiger partial charge in [0, 0.05) is 11.8 Å². The van der Waals surface area contributed by atoms with E-state index < -0.39 is 11.9 Å². The van der Waals surface area contributed by atoms with Crippen molar-refractivity contribution in [3.8, 4) is 17.2 Å². The Morgan fingerprint density at radius 2 is 1.77 bits per heavy atom. The smallest absolute Gasteiger partial charge is 0.338 e. The highest BCUT2D eigenvalue weighted by Gasteiger charge is 2.13. The van der Waals surface area contributed by atoms with Crippen LogP contribution in [0.3, 0.4) is 0 Å². The number of nitrogens with one attached hydrogen (secondary N) is 1. The molecule has 3 aromatic carbocycles. The third kappa shape index (κ3) is 5.88. The normalized spacial score (nSPS) is 10.6. The van der Waals surface area contributed by atoms with Crippen LogP contribution in [0.25, 0.3) is 11.0 Å². The Morgan fingerprint density at radius 1 is 1.00 bits per heavy atom. The average Bonchev–Trinajstić information content (AvgIpc) is 2.86. The fraction of sp³-hybridized carbons (Fsp3) is 0.115. The number of ether oxygens (including phenoxy) is 3. The number of rotatable bonds is 8. The first-order valence-corrected chi connectivity index (χ1v) is 11.4. The summed E-state index contributed by atoms with van der Waals surface area (Å²) in [5.41, 5.74) is 0.858. The Labute approximate surface area is 208 Å². The summed E-state index contributed by atoms with van der Waals surface area (Å²) in [6.07, 6.45) is 1.24. The second kappa shape index (κ2) is 10.9. The minimum absolute atomic E-state index is 0.0476. The van der Waals surface area contributed by atoms with E-state index in [-0.39, 0.29) is 24.4 Å². The molecule has 9 heteroatoms. The monoisotopic (exact) mass is 537 g/mol. The quantitative estimate of drug-likeness (QED) is 0.294. The van der Waals surface area contributed by atoms with E-state index >= 15 is 0 Å². The minimum Gasteiger partial charge on any atom is -0.484 e. The Morgan fingerprint density at radius 3 is 2.51 bits per heavy atom. The molecule has 1 aromatic heterocycles. The highest BCUT2D eigenvalue weighted by molar-refractivity contribution is 9.10. The molecule has 1 heterocycles. The van der Waals surface area contributed by atoms with Gasteiger partial charge in [-0.1, -0.05) is 12.1 Å². The second-order valence-electron chi connectivity index (χ2n) is 7.25. The van der Waals surface area contributed by atoms with Gasteiger partial charge in [-0.3, -0.25) is 9.59 Å². The topological polar surface area (TPSA) is 104 Å². The predicted octanol–water partition coefficient (Wildman–Crippen LogP) is 5.54. The number of benzene rings is 3. The van der Waals surface area contributed by atoms with Crippen LogP contribution in [0.2, 0.25) is 0 Å². The lowest BCUT2D eigenvalue weighted by Gasteiger charge is -2.09. The van der Waals surface area contributed by atoms with Gasteiger partial charge in [0.25, 0.3) is 5.91 Å². The Balaban J connectivity index is 1.39. The summed E-state index contributed by atoms with van der Waals surface area (Å²) in [7, 11) is 0. The van der Waals surface area contributed by atoms with Crippen molar-refractivity contribution in [3.63, 3.8) is 0 Å². The Kier molecular flexibility index (Phi) is 7.47. The molecule has 8 nitrogen and oxygen atoms in total. The standard InChI is InChI=1S/C26H20BrNO7/c1-2-32-26(31)16-7-9-17(10-8-16)28-24(29)15-33-18-11-12-19-22(13-18)34-14-23(25(19)30)35-21-6-4-3-5-20(21)27/h3-14H,2,15H2,1H3,(H,28,29). The van der Waals surface area contributed by atoms with Gasteiger partial charge in [-0.25, -0.2) is 4.79 Å². The largest absolute Gasteiger partial charge is 0.484 e. The van der Waals surface area contributed by atoms with E-state index in [1.165, 1.54) is 12.3 Å². The van der Waals surface area contributed by atoms with Gasteiger partial charge in [0.05, 0.1) is 22.0 Å². The second-order valence-corrected chi connectivity index (χ2v) is 8.11. The first-order chi connectivity index (χ1) is 16.9. The summed E-state index contributed by atoms with van der Waals surface area (Å²) < 4.78 is 22.4. The fourth-order valence-corrected chi connectivity index (χ4v) is 3.51. The number of fused-ring (bicyclic) bond motifs is 1. The minimum atomic E-state index is -0.428. The maximum absolute atomic E-state index is 12.8. The zero-order chi connectivity index (χ0) is 24.8. The van der Waals surface area contributed by atoms with Crippen molar-refractivity contribution in [2.24, 2.45) is 0 Å². The van der Waals surface area contributed by atoms with Crippen LogP contribution < -0.4 is 20.2 Å². The summed E-state index contributed by atoms with van der Waals surface area (Å²) in [4.78, 5) is 36.7. The molecule has 1 amide bonds. The van der Waals surface area contributed by atoms with E-state index in [4.69, 9.17) is 18.6 Å². The SMILES string of the molecule is CCOC(=O)c1ccc(NC(=O)COc2ccc3c(=O)c(Oc4ccccc4Br)coc3c2)cc1. The molecule has 4 aromatic rings. The van der Waals surface area contributed by atoms with Crippen LogP contribution in [0.5, 0.6) is 17.2 Å². The summed E-state index contributed by atoms with van der Waals surface area (Å²) in [6, 6.07) is 18.1. The van der Waals surface area contributed by atoms with E-state index in [0.717, 1.165) is 0 Å². The maximum atomic E-state index is 12.8. The number of para-hydroxylation sites is 1. The molecule has 0 unspecified atom stereocenters. The first-order valence-electron chi connectivity index (χ1n) is 10.6. The van der Waals surface area contributed by atoms with Gasteiger partial charge in [-0.05, 0) is 71.4 Å². The summed E-state index contributed by atoms with van der Waals surface area (Å²) in [5.74, 6) is 0.0657. The van der Waals surface area contributed by atoms with Gasteiger partial charge in [-0.2, -0.15) is 0 Å². The molecule has 1 N–H and O–H groups in total. The van der Waals surface area contributed by atoms with Crippen molar-refractivity contribution in [1.82, 2.24) is 0 Å². The van der Waals surface area contributed by atoms with Crippen molar-refractivity contribution >= 4 is 44.5 Å². The zero-order valence-corrected chi connectivity index (χ0v) is 20.2. The Hall–Kier alpha value is -4.11. The van der Waals surface area contributed by atoms with Crippen LogP contribution in [0.15, 0.2) is 86.7 Å². The number of hydrogen-bond donors (Lipinski definition) is 1. The maximum Gasteiger partial charge on any atom is 0.338 e. The number of hydrogen-bond acceptors (Lipinski definition) is 7. The van der Waals surface area contributed by atoms with Gasteiger partial charge >= 0.3 is 5.97 Å². The van der Waals surface area contributed by atoms with E-state index in [0.29, 0.717) is 38.2 Å². The molecule has 0 radical (unpaired) electrons. The third-order valence-corrected chi connectivity index (χ3v) is 5.48. The van der Waals surface area contributed by atoms with E-state index in [1.807, 2.05) is 6.07 Å². The van der Waals surface area contributed by atoms with Crippen molar-refractivity contribution < 1.29 is 28.2 Å². The number of halogens is 1. The summed E-state index contributed by atoms with van der Waals surface area (Å²) in [5, 5.41) is 2.99. The summed E-state index contributed by atoms with van der Waals surface area (Å²) in [6.45, 7) is 1.75. The van der Waals surface area contributed by atoms with Crippen molar-refractivity contribution in [3.05, 3.63) is 93.3 Å². The summed E-state index contributed by atoms with van der Waals surface area (Å²) >= 11 is 3.38. The van der Waals surface area contributed by atoms with Crippen LogP contribution in [0.4, 0.5) is 5.69 Å². The fourth-order valence-electron chi connectivity index (χ4n) is 3.15. The molecule has 0 saturated carbocycles. The highest BCUT2D eigenvalue weighted by Crippen LogP contribution is 2.29. The molecule has 0 bridgehead atoms. The average molecular weight is 538 g/mol. The van der Waals surface area contributed by atoms with Crippen LogP contribution in [-0.2, 0) is 9.53 Å². The molecular formula is C26H20BrNO7. The van der Waals surface area contributed by atoms with E-state index in [1.54, 1.807) is 61.5 Å².